The van der Waals surface area contributed by atoms with Crippen LogP contribution in [-0.4, -0.2) is 54.6 Å². The number of benzene rings is 5. The molecule has 0 saturated heterocycles. The van der Waals surface area contributed by atoms with Gasteiger partial charge in [0.2, 0.25) is 0 Å². The normalized spacial score (nSPS) is 12.0. The summed E-state index contributed by atoms with van der Waals surface area (Å²) in [7, 11) is 0. The zero-order chi connectivity index (χ0) is 50.6. The highest BCUT2D eigenvalue weighted by atomic mass is 127. The van der Waals surface area contributed by atoms with Crippen LogP contribution in [0.5, 0.6) is 5.75 Å². The van der Waals surface area contributed by atoms with E-state index in [1.54, 1.807) is 39.7 Å². The molecule has 5 N–H and O–H groups in total. The van der Waals surface area contributed by atoms with E-state index in [1.807, 2.05) is 85.0 Å². The van der Waals surface area contributed by atoms with E-state index in [2.05, 4.69) is 25.0 Å². The van der Waals surface area contributed by atoms with Gasteiger partial charge in [0.25, 0.3) is 0 Å². The summed E-state index contributed by atoms with van der Waals surface area (Å²) in [5.74, 6) is 0.538. The monoisotopic (exact) mass is 1090 g/mol. The lowest BCUT2D eigenvalue weighted by molar-refractivity contribution is -0.137. The molecule has 11 rings (SSSR count). The summed E-state index contributed by atoms with van der Waals surface area (Å²) in [6, 6.07) is 32.4. The van der Waals surface area contributed by atoms with E-state index in [1.165, 1.54) is 43.0 Å². The van der Waals surface area contributed by atoms with Crippen LogP contribution < -0.4 is 11.5 Å². The molecular formula is C52H37F6IN12O. The van der Waals surface area contributed by atoms with Crippen LogP contribution in [0, 0.1) is 17.5 Å². The van der Waals surface area contributed by atoms with Crippen LogP contribution in [0.4, 0.5) is 38.0 Å². The number of anilines is 2. The summed E-state index contributed by atoms with van der Waals surface area (Å²) >= 11 is 2.05. The summed E-state index contributed by atoms with van der Waals surface area (Å²) in [4.78, 5) is 26.3. The number of fused-ring (bicyclic) bond motifs is 4. The molecule has 0 spiro atoms. The Morgan fingerprint density at radius 1 is 0.542 bits per heavy atom. The Labute approximate surface area is 418 Å². The Balaban J connectivity index is 0.000000168. The Morgan fingerprint density at radius 2 is 1.01 bits per heavy atom. The lowest BCUT2D eigenvalue weighted by Gasteiger charge is -2.17. The van der Waals surface area contributed by atoms with E-state index in [4.69, 9.17) is 26.5 Å². The van der Waals surface area contributed by atoms with E-state index in [0.717, 1.165) is 34.0 Å². The van der Waals surface area contributed by atoms with Crippen molar-refractivity contribution in [1.82, 2.24) is 49.5 Å². The quantitative estimate of drug-likeness (QED) is 0.102. The topological polar surface area (TPSA) is 185 Å². The molecule has 0 bridgehead atoms. The predicted molar refractivity (Wildman–Crippen MR) is 271 cm³/mol. The standard InChI is InChI=1S/C29H21F3N6O.C23H16F3IN6/c1-16-6-4-7-17-12-19(25(36-24(16)17)21-10-2-3-11-22(21)29(30,31)32)14-38-28-23(27(33)34-15-35-28)26(37-38)18-8-5-9-20(39)13-18;1-12-5-4-6-13-9-14(10-33-22-17(20(27)32-33)21(28)29-11-30-22)19(31-18(12)13)15-7-2-3-8-16(15)23(24,25)26/h2-13,15,39H,14H2,1H3,(H2,33,34,35);2-9,11H,10H2,1H3,(H2,28,29,30). The molecule has 0 fully saturated rings. The van der Waals surface area contributed by atoms with Gasteiger partial charge < -0.3 is 16.6 Å². The summed E-state index contributed by atoms with van der Waals surface area (Å²) in [5, 5.41) is 22.0. The Kier molecular flexibility index (Phi) is 12.2. The van der Waals surface area contributed by atoms with Gasteiger partial charge in [-0.15, -0.1) is 0 Å². The van der Waals surface area contributed by atoms with Gasteiger partial charge >= 0.3 is 12.4 Å². The molecule has 20 heteroatoms. The van der Waals surface area contributed by atoms with Gasteiger partial charge in [-0.05, 0) is 84.0 Å². The third-order valence-electron chi connectivity index (χ3n) is 12.1. The largest absolute Gasteiger partial charge is 0.508 e. The predicted octanol–water partition coefficient (Wildman–Crippen LogP) is 12.0. The number of rotatable bonds is 7. The zero-order valence-corrected chi connectivity index (χ0v) is 40.0. The number of nitrogens with two attached hydrogens (primary N) is 2. The van der Waals surface area contributed by atoms with Crippen molar-refractivity contribution in [3.05, 3.63) is 171 Å². The summed E-state index contributed by atoms with van der Waals surface area (Å²) in [5.41, 5.74) is 17.2. The van der Waals surface area contributed by atoms with Crippen LogP contribution in [-0.2, 0) is 25.4 Å². The molecule has 0 amide bonds. The first kappa shape index (κ1) is 47.4. The van der Waals surface area contributed by atoms with Gasteiger partial charge in [-0.25, -0.2) is 39.3 Å². The fraction of sp³-hybridized carbons (Fsp3) is 0.115. The number of phenols is 1. The van der Waals surface area contributed by atoms with Crippen LogP contribution in [0.1, 0.15) is 33.4 Å². The highest BCUT2D eigenvalue weighted by Crippen LogP contribution is 2.41. The van der Waals surface area contributed by atoms with Gasteiger partial charge in [0.15, 0.2) is 11.3 Å². The average Bonchev–Trinajstić information content (AvgIpc) is 3.88. The number of nitrogens with zero attached hydrogens (tertiary/aromatic N) is 10. The third kappa shape index (κ3) is 8.92. The second-order valence-electron chi connectivity index (χ2n) is 16.8. The lowest BCUT2D eigenvalue weighted by Crippen LogP contribution is -2.10. The van der Waals surface area contributed by atoms with Crippen LogP contribution in [0.15, 0.2) is 134 Å². The van der Waals surface area contributed by atoms with Gasteiger partial charge in [-0.3, -0.25) is 0 Å². The number of hydrogen-bond acceptors (Lipinski definition) is 11. The molecule has 0 atom stereocenters. The second-order valence-corrected chi connectivity index (χ2v) is 17.8. The highest BCUT2D eigenvalue weighted by Gasteiger charge is 2.36. The van der Waals surface area contributed by atoms with Gasteiger partial charge in [0, 0.05) is 38.6 Å². The van der Waals surface area contributed by atoms with Crippen molar-refractivity contribution < 1.29 is 31.4 Å². The zero-order valence-electron chi connectivity index (χ0n) is 37.8. The summed E-state index contributed by atoms with van der Waals surface area (Å²) in [6.07, 6.45) is -6.44. The molecule has 13 nitrogen and oxygen atoms in total. The smallest absolute Gasteiger partial charge is 0.417 e. The maximum atomic E-state index is 14.1. The number of para-hydroxylation sites is 2. The van der Waals surface area contributed by atoms with E-state index < -0.39 is 23.5 Å². The molecule has 0 saturated carbocycles. The average molecular weight is 1090 g/mol. The van der Waals surface area contributed by atoms with E-state index >= 15 is 0 Å². The fourth-order valence-corrected chi connectivity index (χ4v) is 9.56. The molecular weight excluding hydrogens is 1050 g/mol. The first-order valence-electron chi connectivity index (χ1n) is 21.9. The van der Waals surface area contributed by atoms with Crippen LogP contribution in [0.3, 0.4) is 0 Å². The van der Waals surface area contributed by atoms with Crippen molar-refractivity contribution in [3.63, 3.8) is 0 Å². The first-order chi connectivity index (χ1) is 34.4. The number of pyridine rings is 2. The van der Waals surface area contributed by atoms with Crippen molar-refractivity contribution in [2.45, 2.75) is 39.3 Å². The van der Waals surface area contributed by atoms with Gasteiger partial charge in [-0.2, -0.15) is 36.5 Å². The van der Waals surface area contributed by atoms with Crippen LogP contribution in [0.2, 0.25) is 0 Å². The van der Waals surface area contributed by atoms with Gasteiger partial charge in [0.1, 0.15) is 39.4 Å². The number of halogens is 7. The van der Waals surface area contributed by atoms with Crippen LogP contribution in [0.25, 0.3) is 77.6 Å². The number of nitrogen functional groups attached to an aromatic ring is 2. The third-order valence-corrected chi connectivity index (χ3v) is 12.8. The maximum Gasteiger partial charge on any atom is 0.417 e. The molecule has 11 aromatic rings. The minimum Gasteiger partial charge on any atom is -0.508 e. The maximum absolute atomic E-state index is 14.1. The van der Waals surface area contributed by atoms with Crippen molar-refractivity contribution in [2.75, 3.05) is 11.5 Å². The van der Waals surface area contributed by atoms with Crippen molar-refractivity contribution in [1.29, 1.82) is 0 Å². The minimum atomic E-state index is -4.57. The van der Waals surface area contributed by atoms with E-state index in [9.17, 15) is 31.4 Å². The molecule has 0 aliphatic carbocycles. The van der Waals surface area contributed by atoms with Crippen molar-refractivity contribution in [3.8, 4) is 39.5 Å². The lowest BCUT2D eigenvalue weighted by atomic mass is 9.97. The second kappa shape index (κ2) is 18.5. The molecule has 0 aliphatic heterocycles. The Bertz CT molecular complexity index is 3910. The summed E-state index contributed by atoms with van der Waals surface area (Å²) < 4.78 is 87.6. The van der Waals surface area contributed by atoms with Gasteiger partial charge in [0.05, 0.1) is 57.4 Å². The minimum absolute atomic E-state index is 0.0189. The Hall–Kier alpha value is -8.27. The van der Waals surface area contributed by atoms with Gasteiger partial charge in [-0.1, -0.05) is 84.9 Å². The molecule has 0 aliphatic rings. The number of aromatic nitrogens is 10. The first-order valence-corrected chi connectivity index (χ1v) is 23.0. The molecule has 6 heterocycles. The molecule has 72 heavy (non-hydrogen) atoms. The number of alkyl halides is 6. The van der Waals surface area contributed by atoms with E-state index in [0.29, 0.717) is 65.0 Å². The number of hydrogen-bond donors (Lipinski definition) is 3. The number of phenolic OH excluding ortho intramolecular Hbond substituents is 1. The Morgan fingerprint density at radius 3 is 1.53 bits per heavy atom. The van der Waals surface area contributed by atoms with Crippen molar-refractivity contribution in [2.24, 2.45) is 0 Å². The molecule has 6 aromatic heterocycles. The van der Waals surface area contributed by atoms with Crippen LogP contribution >= 0.6 is 22.6 Å². The highest BCUT2D eigenvalue weighted by molar-refractivity contribution is 14.1. The molecule has 0 unspecified atom stereocenters. The SMILES string of the molecule is Cc1cccc2cc(Cn3nc(-c4cccc(O)c4)c4c(N)ncnc43)c(-c3ccccc3C(F)(F)F)nc12.Cc1cccc2cc(Cn3nc(I)c4c(N)ncnc43)c(-c3ccccc3C(F)(F)F)nc12. The number of aryl methyl sites for hydroxylation is 2. The summed E-state index contributed by atoms with van der Waals surface area (Å²) in [6.45, 7) is 3.98. The number of aromatic hydroxyl groups is 1. The molecule has 0 radical (unpaired) electrons. The van der Waals surface area contributed by atoms with E-state index in [-0.39, 0.29) is 47.2 Å². The molecule has 5 aromatic carbocycles. The van der Waals surface area contributed by atoms with Crippen molar-refractivity contribution >= 4 is 78.1 Å². The fourth-order valence-electron chi connectivity index (χ4n) is 8.78. The molecule has 360 valence electrons.